The van der Waals surface area contributed by atoms with Gasteiger partial charge in [0.2, 0.25) is 0 Å². The molecule has 1 aliphatic heterocycles. The van der Waals surface area contributed by atoms with Gasteiger partial charge in [-0.1, -0.05) is 0 Å². The predicted molar refractivity (Wildman–Crippen MR) is 127 cm³/mol. The number of morpholine rings is 1. The highest BCUT2D eigenvalue weighted by Gasteiger charge is 2.20. The Balaban J connectivity index is 1.74. The van der Waals surface area contributed by atoms with Gasteiger partial charge >= 0.3 is 0 Å². The Kier molecular flexibility index (Phi) is 7.49. The summed E-state index contributed by atoms with van der Waals surface area (Å²) in [6, 6.07) is 6.18. The maximum absolute atomic E-state index is 14.3. The van der Waals surface area contributed by atoms with Gasteiger partial charge in [-0.15, -0.1) is 0 Å². The van der Waals surface area contributed by atoms with Crippen molar-refractivity contribution in [2.24, 2.45) is 0 Å². The molecule has 4 rings (SSSR count). The first-order chi connectivity index (χ1) is 16.5. The Bertz CT molecular complexity index is 1170. The van der Waals surface area contributed by atoms with Crippen molar-refractivity contribution in [3.8, 4) is 0 Å². The number of fused-ring (bicyclic) bond motifs is 1. The van der Waals surface area contributed by atoms with Gasteiger partial charge in [0, 0.05) is 37.3 Å². The van der Waals surface area contributed by atoms with Crippen molar-refractivity contribution >= 4 is 28.4 Å². The number of aromatic nitrogens is 2. The molecule has 2 heterocycles. The number of benzene rings is 2. The van der Waals surface area contributed by atoms with E-state index in [0.717, 1.165) is 18.2 Å². The lowest BCUT2D eigenvalue weighted by Crippen LogP contribution is -2.36. The number of likely N-dealkylation sites (N-methyl/N-ethyl adjacent to an activating group) is 1. The Morgan fingerprint density at radius 1 is 1.18 bits per heavy atom. The summed E-state index contributed by atoms with van der Waals surface area (Å²) in [6.07, 6.45) is 1.68. The third-order valence-corrected chi connectivity index (χ3v) is 5.69. The fourth-order valence-corrected chi connectivity index (χ4v) is 3.86. The van der Waals surface area contributed by atoms with E-state index in [1.54, 1.807) is 25.4 Å². The van der Waals surface area contributed by atoms with Crippen molar-refractivity contribution in [2.45, 2.75) is 13.0 Å². The number of nitrogens with zero attached hydrogens (tertiary/aromatic N) is 3. The Morgan fingerprint density at radius 2 is 1.97 bits per heavy atom. The standard InChI is InChI=1S/C24H28F2N6O2/c1-15(30-20-13-17(25)3-4-19(20)26)18-11-16(24(33)28-6-5-27-2)12-21-23(18)31-22(14-29-21)32-7-9-34-10-8-32/h3-4,11-15,27,30H,5-10H2,1-2H3,(H,28,33). The number of carbonyl (C=O) groups is 1. The van der Waals surface area contributed by atoms with E-state index in [0.29, 0.717) is 67.4 Å². The molecule has 1 fully saturated rings. The van der Waals surface area contributed by atoms with Gasteiger partial charge in [-0.25, -0.2) is 13.8 Å². The van der Waals surface area contributed by atoms with Crippen molar-refractivity contribution in [1.82, 2.24) is 20.6 Å². The number of halogens is 2. The minimum atomic E-state index is -0.571. The summed E-state index contributed by atoms with van der Waals surface area (Å²) in [5.41, 5.74) is 2.24. The Hall–Kier alpha value is -3.37. The first-order valence-corrected chi connectivity index (χ1v) is 11.2. The molecule has 3 aromatic rings. The lowest BCUT2D eigenvalue weighted by Gasteiger charge is -2.28. The lowest BCUT2D eigenvalue weighted by atomic mass is 10.0. The van der Waals surface area contributed by atoms with Gasteiger partial charge in [-0.3, -0.25) is 9.78 Å². The maximum Gasteiger partial charge on any atom is 0.251 e. The number of ether oxygens (including phenoxy) is 1. The highest BCUT2D eigenvalue weighted by molar-refractivity contribution is 5.98. The zero-order valence-electron chi connectivity index (χ0n) is 19.2. The number of hydrogen-bond acceptors (Lipinski definition) is 7. The molecule has 34 heavy (non-hydrogen) atoms. The Labute approximate surface area is 196 Å². The van der Waals surface area contributed by atoms with Crippen molar-refractivity contribution in [3.05, 3.63) is 59.3 Å². The largest absolute Gasteiger partial charge is 0.378 e. The summed E-state index contributed by atoms with van der Waals surface area (Å²) < 4.78 is 33.5. The summed E-state index contributed by atoms with van der Waals surface area (Å²) in [5, 5.41) is 8.86. The van der Waals surface area contributed by atoms with Crippen LogP contribution in [0.15, 0.2) is 36.5 Å². The summed E-state index contributed by atoms with van der Waals surface area (Å²) >= 11 is 0. The number of amides is 1. The first kappa shape index (κ1) is 23.8. The fraction of sp³-hybridized carbons (Fsp3) is 0.375. The van der Waals surface area contributed by atoms with E-state index in [1.807, 2.05) is 6.92 Å². The smallest absolute Gasteiger partial charge is 0.251 e. The van der Waals surface area contributed by atoms with Crippen LogP contribution in [0, 0.1) is 11.6 Å². The molecule has 2 aromatic carbocycles. The average molecular weight is 471 g/mol. The zero-order valence-corrected chi connectivity index (χ0v) is 19.2. The molecular formula is C24H28F2N6O2. The van der Waals surface area contributed by atoms with Crippen molar-refractivity contribution in [3.63, 3.8) is 0 Å². The van der Waals surface area contributed by atoms with Gasteiger partial charge in [-0.05, 0) is 44.3 Å². The highest BCUT2D eigenvalue weighted by Crippen LogP contribution is 2.29. The van der Waals surface area contributed by atoms with E-state index in [1.165, 1.54) is 0 Å². The monoisotopic (exact) mass is 470 g/mol. The van der Waals surface area contributed by atoms with Crippen LogP contribution in [0.2, 0.25) is 0 Å². The first-order valence-electron chi connectivity index (χ1n) is 11.2. The van der Waals surface area contributed by atoms with Crippen LogP contribution in [0.4, 0.5) is 20.3 Å². The van der Waals surface area contributed by atoms with Crippen molar-refractivity contribution < 1.29 is 18.3 Å². The van der Waals surface area contributed by atoms with Crippen LogP contribution in [0.1, 0.15) is 28.9 Å². The lowest BCUT2D eigenvalue weighted by molar-refractivity contribution is 0.0954. The molecule has 1 unspecified atom stereocenters. The van der Waals surface area contributed by atoms with Crippen LogP contribution < -0.4 is 20.9 Å². The molecule has 3 N–H and O–H groups in total. The van der Waals surface area contributed by atoms with E-state index in [-0.39, 0.29) is 11.6 Å². The van der Waals surface area contributed by atoms with Gasteiger partial charge in [0.15, 0.2) is 0 Å². The van der Waals surface area contributed by atoms with Crippen molar-refractivity contribution in [2.75, 3.05) is 56.7 Å². The third-order valence-electron chi connectivity index (χ3n) is 5.69. The second-order valence-corrected chi connectivity index (χ2v) is 8.11. The Morgan fingerprint density at radius 3 is 2.74 bits per heavy atom. The van der Waals surface area contributed by atoms with Gasteiger partial charge in [0.1, 0.15) is 17.5 Å². The van der Waals surface area contributed by atoms with Crippen LogP contribution in [-0.2, 0) is 4.74 Å². The van der Waals surface area contributed by atoms with Crippen LogP contribution in [0.5, 0.6) is 0 Å². The number of nitrogens with one attached hydrogen (secondary N) is 3. The summed E-state index contributed by atoms with van der Waals surface area (Å²) in [6.45, 7) is 5.51. The van der Waals surface area contributed by atoms with Gasteiger partial charge < -0.3 is 25.6 Å². The van der Waals surface area contributed by atoms with E-state index in [2.05, 4.69) is 25.8 Å². The SMILES string of the molecule is CNCCNC(=O)c1cc(C(C)Nc2cc(F)ccc2F)c2nc(N3CCOCC3)cnc2c1. The molecule has 0 radical (unpaired) electrons. The topological polar surface area (TPSA) is 91.4 Å². The number of rotatable bonds is 8. The minimum Gasteiger partial charge on any atom is -0.378 e. The van der Waals surface area contributed by atoms with Crippen LogP contribution in [-0.4, -0.2) is 62.3 Å². The zero-order chi connectivity index (χ0) is 24.1. The second-order valence-electron chi connectivity index (χ2n) is 8.11. The van der Waals surface area contributed by atoms with E-state index in [4.69, 9.17) is 9.72 Å². The molecular weight excluding hydrogens is 442 g/mol. The molecule has 0 aliphatic carbocycles. The molecule has 1 aromatic heterocycles. The van der Waals surface area contributed by atoms with Crippen LogP contribution >= 0.6 is 0 Å². The molecule has 0 saturated carbocycles. The molecule has 10 heteroatoms. The molecule has 1 amide bonds. The van der Waals surface area contributed by atoms with E-state index < -0.39 is 17.7 Å². The van der Waals surface area contributed by atoms with Crippen molar-refractivity contribution in [1.29, 1.82) is 0 Å². The normalized spacial score (nSPS) is 14.8. The van der Waals surface area contributed by atoms with Gasteiger partial charge in [-0.2, -0.15) is 0 Å². The summed E-state index contributed by atoms with van der Waals surface area (Å²) in [7, 11) is 1.81. The molecule has 180 valence electrons. The second kappa shape index (κ2) is 10.7. The van der Waals surface area contributed by atoms with Crippen LogP contribution in [0.25, 0.3) is 11.0 Å². The molecule has 1 aliphatic rings. The maximum atomic E-state index is 14.3. The molecule has 0 spiro atoms. The number of carbonyl (C=O) groups excluding carboxylic acids is 1. The number of anilines is 2. The van der Waals surface area contributed by atoms with Crippen LogP contribution in [0.3, 0.4) is 0 Å². The van der Waals surface area contributed by atoms with E-state index in [9.17, 15) is 13.6 Å². The third kappa shape index (κ3) is 5.40. The predicted octanol–water partition coefficient (Wildman–Crippen LogP) is 2.87. The molecule has 8 nitrogen and oxygen atoms in total. The van der Waals surface area contributed by atoms with E-state index >= 15 is 0 Å². The fourth-order valence-electron chi connectivity index (χ4n) is 3.86. The summed E-state index contributed by atoms with van der Waals surface area (Å²) in [4.78, 5) is 24.3. The van der Waals surface area contributed by atoms with Gasteiger partial charge in [0.25, 0.3) is 5.91 Å². The highest BCUT2D eigenvalue weighted by atomic mass is 19.1. The molecule has 1 saturated heterocycles. The molecule has 1 atom stereocenters. The summed E-state index contributed by atoms with van der Waals surface area (Å²) in [5.74, 6) is -0.666. The van der Waals surface area contributed by atoms with Gasteiger partial charge in [0.05, 0.1) is 42.2 Å². The quantitative estimate of drug-likeness (QED) is 0.436. The number of hydrogen-bond donors (Lipinski definition) is 3. The average Bonchev–Trinajstić information content (AvgIpc) is 2.85. The minimum absolute atomic E-state index is 0.0295. The molecule has 0 bridgehead atoms.